The van der Waals surface area contributed by atoms with Crippen molar-refractivity contribution in [2.75, 3.05) is 25.4 Å². The van der Waals surface area contributed by atoms with Gasteiger partial charge in [0.1, 0.15) is 0 Å². The van der Waals surface area contributed by atoms with Crippen molar-refractivity contribution in [3.8, 4) is 0 Å². The van der Waals surface area contributed by atoms with Crippen LogP contribution in [0.5, 0.6) is 0 Å². The van der Waals surface area contributed by atoms with E-state index in [1.165, 1.54) is 64.3 Å². The molecule has 0 aliphatic carbocycles. The lowest BCUT2D eigenvalue weighted by Crippen LogP contribution is -2.37. The minimum absolute atomic E-state index is 0.575. The van der Waals surface area contributed by atoms with E-state index in [2.05, 4.69) is 44.0 Å². The Bertz CT molecular complexity index is 210. The molecule has 0 aliphatic heterocycles. The fraction of sp³-hybridized carbons (Fsp3) is 1.00. The lowest BCUT2D eigenvalue weighted by molar-refractivity contribution is 0.485. The minimum Gasteiger partial charge on any atom is -0.315 e. The van der Waals surface area contributed by atoms with Gasteiger partial charge < -0.3 is 10.6 Å². The first-order valence-electron chi connectivity index (χ1n) is 9.71. The molecule has 0 heterocycles. The average molecular weight is 331 g/mol. The normalized spacial score (nSPS) is 13.0. The van der Waals surface area contributed by atoms with Gasteiger partial charge in [0.25, 0.3) is 0 Å². The van der Waals surface area contributed by atoms with Gasteiger partial charge in [-0.3, -0.25) is 0 Å². The second-order valence-corrected chi connectivity index (χ2v) is 7.59. The van der Waals surface area contributed by atoms with Crippen LogP contribution in [0, 0.1) is 5.92 Å². The summed E-state index contributed by atoms with van der Waals surface area (Å²) >= 11 is 4.23. The molecule has 3 heteroatoms. The van der Waals surface area contributed by atoms with Crippen molar-refractivity contribution in [3.63, 3.8) is 0 Å². The van der Waals surface area contributed by atoms with Crippen LogP contribution in [0.4, 0.5) is 0 Å². The maximum atomic E-state index is 4.23. The highest BCUT2D eigenvalue weighted by Gasteiger charge is 1.99. The van der Waals surface area contributed by atoms with Gasteiger partial charge in [0.15, 0.2) is 0 Å². The monoisotopic (exact) mass is 330 g/mol. The lowest BCUT2D eigenvalue weighted by Gasteiger charge is -2.14. The van der Waals surface area contributed by atoms with E-state index in [1.807, 2.05) is 0 Å². The number of hydrogen-bond donors (Lipinski definition) is 3. The molecular weight excluding hydrogens is 288 g/mol. The molecule has 0 amide bonds. The molecule has 0 aromatic rings. The minimum atomic E-state index is 0.575. The van der Waals surface area contributed by atoms with E-state index in [0.29, 0.717) is 6.04 Å². The van der Waals surface area contributed by atoms with E-state index >= 15 is 0 Å². The highest BCUT2D eigenvalue weighted by molar-refractivity contribution is 7.80. The number of unbranched alkanes of at least 4 members (excludes halogenated alkanes) is 7. The Hall–Kier alpha value is 0.270. The van der Waals surface area contributed by atoms with Crippen LogP contribution < -0.4 is 10.6 Å². The molecule has 0 aromatic heterocycles. The predicted molar refractivity (Wildman–Crippen MR) is 105 cm³/mol. The zero-order valence-electron chi connectivity index (χ0n) is 15.5. The van der Waals surface area contributed by atoms with E-state index in [4.69, 9.17) is 0 Å². The maximum Gasteiger partial charge on any atom is 0.0164 e. The molecule has 2 nitrogen and oxygen atoms in total. The summed E-state index contributed by atoms with van der Waals surface area (Å²) in [6.45, 7) is 10.3. The van der Waals surface area contributed by atoms with Crippen molar-refractivity contribution in [1.82, 2.24) is 10.6 Å². The summed E-state index contributed by atoms with van der Waals surface area (Å²) in [6.07, 6.45) is 13.9. The third kappa shape index (κ3) is 18.3. The van der Waals surface area contributed by atoms with E-state index < -0.39 is 0 Å². The Labute approximate surface area is 146 Å². The van der Waals surface area contributed by atoms with Gasteiger partial charge in [-0.25, -0.2) is 0 Å². The molecule has 1 unspecified atom stereocenters. The van der Waals surface area contributed by atoms with Crippen LogP contribution in [-0.4, -0.2) is 31.4 Å². The van der Waals surface area contributed by atoms with Crippen molar-refractivity contribution in [3.05, 3.63) is 0 Å². The average Bonchev–Trinajstić information content (AvgIpc) is 2.48. The third-order valence-electron chi connectivity index (χ3n) is 4.16. The van der Waals surface area contributed by atoms with Gasteiger partial charge in [-0.15, -0.1) is 0 Å². The van der Waals surface area contributed by atoms with Crippen LogP contribution in [0.1, 0.15) is 85.0 Å². The van der Waals surface area contributed by atoms with Gasteiger partial charge in [0.05, 0.1) is 0 Å². The summed E-state index contributed by atoms with van der Waals surface area (Å²) in [7, 11) is 0. The van der Waals surface area contributed by atoms with E-state index in [0.717, 1.165) is 31.2 Å². The summed E-state index contributed by atoms with van der Waals surface area (Å²) in [4.78, 5) is 0. The summed E-state index contributed by atoms with van der Waals surface area (Å²) in [5.74, 6) is 1.86. The lowest BCUT2D eigenvalue weighted by atomic mass is 10.0. The van der Waals surface area contributed by atoms with Crippen molar-refractivity contribution in [2.24, 2.45) is 5.92 Å². The molecule has 0 spiro atoms. The Kier molecular flexibility index (Phi) is 17.8. The van der Waals surface area contributed by atoms with Crippen LogP contribution >= 0.6 is 12.6 Å². The molecule has 0 fully saturated rings. The van der Waals surface area contributed by atoms with Gasteiger partial charge in [0, 0.05) is 12.6 Å². The van der Waals surface area contributed by atoms with Crippen LogP contribution in [0.25, 0.3) is 0 Å². The zero-order chi connectivity index (χ0) is 16.5. The second kappa shape index (κ2) is 17.6. The smallest absolute Gasteiger partial charge is 0.0164 e. The maximum absolute atomic E-state index is 4.23. The quantitative estimate of drug-likeness (QED) is 0.257. The number of rotatable bonds is 17. The summed E-state index contributed by atoms with van der Waals surface area (Å²) in [6, 6.07) is 0.575. The van der Waals surface area contributed by atoms with Gasteiger partial charge in [-0.2, -0.15) is 12.6 Å². The molecule has 0 radical (unpaired) electrons. The molecule has 0 saturated heterocycles. The molecule has 0 bridgehead atoms. The first-order chi connectivity index (χ1) is 10.7. The topological polar surface area (TPSA) is 24.1 Å². The summed E-state index contributed by atoms with van der Waals surface area (Å²) in [5, 5.41) is 7.07. The zero-order valence-corrected chi connectivity index (χ0v) is 16.4. The molecule has 0 aromatic carbocycles. The summed E-state index contributed by atoms with van der Waals surface area (Å²) in [5.41, 5.74) is 0. The highest BCUT2D eigenvalue weighted by atomic mass is 32.1. The van der Waals surface area contributed by atoms with Crippen LogP contribution in [-0.2, 0) is 0 Å². The first kappa shape index (κ1) is 22.3. The SMILES string of the molecule is CC(C)CCCCCCCCCCNCC(C)NCCCS. The van der Waals surface area contributed by atoms with E-state index in [-0.39, 0.29) is 0 Å². The number of nitrogens with one attached hydrogen (secondary N) is 2. The van der Waals surface area contributed by atoms with Gasteiger partial charge in [-0.1, -0.05) is 65.2 Å². The van der Waals surface area contributed by atoms with Crippen molar-refractivity contribution >= 4 is 12.6 Å². The van der Waals surface area contributed by atoms with Crippen LogP contribution in [0.3, 0.4) is 0 Å². The van der Waals surface area contributed by atoms with Crippen molar-refractivity contribution < 1.29 is 0 Å². The van der Waals surface area contributed by atoms with Crippen molar-refractivity contribution in [1.29, 1.82) is 0 Å². The fourth-order valence-corrected chi connectivity index (χ4v) is 2.84. The third-order valence-corrected chi connectivity index (χ3v) is 4.48. The highest BCUT2D eigenvalue weighted by Crippen LogP contribution is 2.12. The Morgan fingerprint density at radius 2 is 1.32 bits per heavy atom. The molecule has 0 aliphatic rings. The first-order valence-corrected chi connectivity index (χ1v) is 10.3. The second-order valence-electron chi connectivity index (χ2n) is 7.15. The van der Waals surface area contributed by atoms with Gasteiger partial charge >= 0.3 is 0 Å². The van der Waals surface area contributed by atoms with Gasteiger partial charge in [-0.05, 0) is 44.5 Å². The van der Waals surface area contributed by atoms with E-state index in [1.54, 1.807) is 0 Å². The Balaban J connectivity index is 3.08. The molecule has 0 saturated carbocycles. The summed E-state index contributed by atoms with van der Waals surface area (Å²) < 4.78 is 0. The molecule has 1 atom stereocenters. The Morgan fingerprint density at radius 1 is 0.727 bits per heavy atom. The molecule has 134 valence electrons. The van der Waals surface area contributed by atoms with Crippen molar-refractivity contribution in [2.45, 2.75) is 91.0 Å². The number of hydrogen-bond acceptors (Lipinski definition) is 3. The van der Waals surface area contributed by atoms with Gasteiger partial charge in [0.2, 0.25) is 0 Å². The molecule has 22 heavy (non-hydrogen) atoms. The molecular formula is C19H42N2S. The van der Waals surface area contributed by atoms with Crippen LogP contribution in [0.15, 0.2) is 0 Å². The number of thiol groups is 1. The fourth-order valence-electron chi connectivity index (χ4n) is 2.68. The van der Waals surface area contributed by atoms with Crippen LogP contribution in [0.2, 0.25) is 0 Å². The Morgan fingerprint density at radius 3 is 1.91 bits per heavy atom. The van der Waals surface area contributed by atoms with E-state index in [9.17, 15) is 0 Å². The molecule has 2 N–H and O–H groups in total. The largest absolute Gasteiger partial charge is 0.315 e. The standard InChI is InChI=1S/C19H42N2S/c1-18(2)13-10-8-6-4-5-7-9-11-14-20-17-19(3)21-15-12-16-22/h18-22H,4-17H2,1-3H3. The molecule has 0 rings (SSSR count). The predicted octanol–water partition coefficient (Wildman–Crippen LogP) is 5.04.